The number of carboxylic acid groups (broad SMARTS) is 1. The number of guanidine groups is 1. The van der Waals surface area contributed by atoms with Crippen molar-refractivity contribution in [1.29, 1.82) is 0 Å². The van der Waals surface area contributed by atoms with Crippen molar-refractivity contribution in [1.82, 2.24) is 16.0 Å². The molecular formula is C21H41N9O6. The summed E-state index contributed by atoms with van der Waals surface area (Å²) in [5.41, 5.74) is 27.1. The Morgan fingerprint density at radius 2 is 1.42 bits per heavy atom. The van der Waals surface area contributed by atoms with Crippen LogP contribution in [0.3, 0.4) is 0 Å². The Morgan fingerprint density at radius 3 is 1.92 bits per heavy atom. The van der Waals surface area contributed by atoms with Crippen molar-refractivity contribution < 1.29 is 29.1 Å². The van der Waals surface area contributed by atoms with E-state index in [-0.39, 0.29) is 25.3 Å². The van der Waals surface area contributed by atoms with Crippen LogP contribution in [0.2, 0.25) is 0 Å². The van der Waals surface area contributed by atoms with Crippen LogP contribution >= 0.6 is 0 Å². The Morgan fingerprint density at radius 1 is 0.833 bits per heavy atom. The third-order valence-electron chi connectivity index (χ3n) is 5.15. The first-order valence-electron chi connectivity index (χ1n) is 11.7. The molecule has 14 N–H and O–H groups in total. The number of hydrogen-bond donors (Lipinski definition) is 9. The highest BCUT2D eigenvalue weighted by atomic mass is 16.4. The quantitative estimate of drug-likeness (QED) is 0.0494. The van der Waals surface area contributed by atoms with Crippen LogP contribution in [-0.2, 0) is 24.0 Å². The minimum atomic E-state index is -1.45. The Bertz CT molecular complexity index is 786. The van der Waals surface area contributed by atoms with Crippen LogP contribution in [0, 0.1) is 5.92 Å². The van der Waals surface area contributed by atoms with Crippen molar-refractivity contribution >= 4 is 35.6 Å². The van der Waals surface area contributed by atoms with Crippen molar-refractivity contribution in [3.05, 3.63) is 0 Å². The van der Waals surface area contributed by atoms with Crippen LogP contribution in [0.1, 0.15) is 52.4 Å². The summed E-state index contributed by atoms with van der Waals surface area (Å²) in [6.45, 7) is 3.82. The minimum absolute atomic E-state index is 0.0812. The summed E-state index contributed by atoms with van der Waals surface area (Å²) in [6, 6.07) is -4.73. The molecule has 0 saturated carbocycles. The van der Waals surface area contributed by atoms with Gasteiger partial charge in [-0.1, -0.05) is 13.8 Å². The third-order valence-corrected chi connectivity index (χ3v) is 5.15. The fourth-order valence-corrected chi connectivity index (χ4v) is 3.14. The minimum Gasteiger partial charge on any atom is -0.480 e. The summed E-state index contributed by atoms with van der Waals surface area (Å²) in [7, 11) is 0. The number of hydrogen-bond acceptors (Lipinski definition) is 8. The van der Waals surface area contributed by atoms with Gasteiger partial charge in [0.2, 0.25) is 23.6 Å². The average molecular weight is 516 g/mol. The summed E-state index contributed by atoms with van der Waals surface area (Å²) in [4.78, 5) is 65.0. The smallest absolute Gasteiger partial charge is 0.326 e. The second kappa shape index (κ2) is 17.0. The highest BCUT2D eigenvalue weighted by molar-refractivity contribution is 5.96. The first-order valence-corrected chi connectivity index (χ1v) is 11.7. The molecule has 0 heterocycles. The molecule has 4 atom stereocenters. The van der Waals surface area contributed by atoms with Gasteiger partial charge in [0.05, 0.1) is 12.5 Å². The van der Waals surface area contributed by atoms with Gasteiger partial charge in [-0.2, -0.15) is 0 Å². The molecule has 15 nitrogen and oxygen atoms in total. The molecule has 4 unspecified atom stereocenters. The van der Waals surface area contributed by atoms with E-state index in [1.807, 2.05) is 0 Å². The SMILES string of the molecule is CC(C)C(NC(=O)C(CC(N)=O)NC(=O)C(CCCCN)NC(=O)C(N)CCCN=C(N)N)C(=O)O. The van der Waals surface area contributed by atoms with Gasteiger partial charge in [-0.3, -0.25) is 24.2 Å². The van der Waals surface area contributed by atoms with Gasteiger partial charge in [-0.05, 0) is 44.6 Å². The van der Waals surface area contributed by atoms with Crippen molar-refractivity contribution in [3.8, 4) is 0 Å². The van der Waals surface area contributed by atoms with Gasteiger partial charge in [0.1, 0.15) is 18.1 Å². The summed E-state index contributed by atoms with van der Waals surface area (Å²) >= 11 is 0. The number of carbonyl (C=O) groups excluding carboxylic acids is 4. The Balaban J connectivity index is 5.43. The molecule has 0 aliphatic carbocycles. The van der Waals surface area contributed by atoms with E-state index in [2.05, 4.69) is 20.9 Å². The summed E-state index contributed by atoms with van der Waals surface area (Å²) in [6.07, 6.45) is 1.34. The molecule has 0 bridgehead atoms. The van der Waals surface area contributed by atoms with E-state index < -0.39 is 66.1 Å². The van der Waals surface area contributed by atoms with Gasteiger partial charge in [0.25, 0.3) is 0 Å². The molecule has 15 heteroatoms. The van der Waals surface area contributed by atoms with Crippen LogP contribution in [0.15, 0.2) is 4.99 Å². The number of carboxylic acids is 1. The van der Waals surface area contributed by atoms with Crippen LogP contribution in [-0.4, -0.2) is 77.9 Å². The molecular weight excluding hydrogens is 474 g/mol. The van der Waals surface area contributed by atoms with Gasteiger partial charge >= 0.3 is 5.97 Å². The van der Waals surface area contributed by atoms with Crippen molar-refractivity contribution in [2.24, 2.45) is 39.6 Å². The lowest BCUT2D eigenvalue weighted by Gasteiger charge is -2.25. The lowest BCUT2D eigenvalue weighted by molar-refractivity contribution is -0.143. The van der Waals surface area contributed by atoms with Crippen molar-refractivity contribution in [2.75, 3.05) is 13.1 Å². The van der Waals surface area contributed by atoms with Crippen LogP contribution in [0.5, 0.6) is 0 Å². The predicted octanol–water partition coefficient (Wildman–Crippen LogP) is -3.43. The second-order valence-electron chi connectivity index (χ2n) is 8.70. The van der Waals surface area contributed by atoms with Crippen molar-refractivity contribution in [3.63, 3.8) is 0 Å². The molecule has 0 aromatic rings. The fraction of sp³-hybridized carbons (Fsp3) is 0.714. The zero-order valence-electron chi connectivity index (χ0n) is 20.9. The maximum atomic E-state index is 13.0. The van der Waals surface area contributed by atoms with Crippen molar-refractivity contribution in [2.45, 2.75) is 76.5 Å². The number of aliphatic imine (C=N–C) groups is 1. The second-order valence-corrected chi connectivity index (χ2v) is 8.70. The van der Waals surface area contributed by atoms with Gasteiger partial charge in [0, 0.05) is 6.54 Å². The maximum absolute atomic E-state index is 13.0. The number of nitrogens with one attached hydrogen (secondary N) is 3. The predicted molar refractivity (Wildman–Crippen MR) is 133 cm³/mol. The van der Waals surface area contributed by atoms with Crippen LogP contribution in [0.4, 0.5) is 0 Å². The molecule has 0 fully saturated rings. The third kappa shape index (κ3) is 13.4. The van der Waals surface area contributed by atoms with Gasteiger partial charge in [-0.25, -0.2) is 4.79 Å². The lowest BCUT2D eigenvalue weighted by atomic mass is 10.0. The zero-order chi connectivity index (χ0) is 27.8. The number of nitrogens with zero attached hydrogens (tertiary/aromatic N) is 1. The summed E-state index contributed by atoms with van der Waals surface area (Å²) < 4.78 is 0. The van der Waals surface area contributed by atoms with Gasteiger partial charge in [-0.15, -0.1) is 0 Å². The Hall–Kier alpha value is -3.46. The number of rotatable bonds is 18. The van der Waals surface area contributed by atoms with Gasteiger partial charge in [0.15, 0.2) is 5.96 Å². The first-order chi connectivity index (χ1) is 16.8. The number of amides is 4. The van der Waals surface area contributed by atoms with E-state index >= 15 is 0 Å². The molecule has 0 aliphatic heterocycles. The zero-order valence-corrected chi connectivity index (χ0v) is 20.9. The molecule has 0 aromatic carbocycles. The van der Waals surface area contributed by atoms with Gasteiger partial charge < -0.3 is 49.7 Å². The number of primary amides is 1. The fourth-order valence-electron chi connectivity index (χ4n) is 3.14. The van der Waals surface area contributed by atoms with E-state index in [0.717, 1.165) is 0 Å². The number of unbranched alkanes of at least 4 members (excludes halogenated alkanes) is 1. The normalized spacial score (nSPS) is 14.1. The highest BCUT2D eigenvalue weighted by Crippen LogP contribution is 2.06. The first kappa shape index (κ1) is 32.5. The molecule has 4 amide bonds. The summed E-state index contributed by atoms with van der Waals surface area (Å²) in [5.74, 6) is -4.97. The van der Waals surface area contributed by atoms with E-state index in [1.54, 1.807) is 13.8 Å². The maximum Gasteiger partial charge on any atom is 0.326 e. The Labute approximate surface area is 210 Å². The molecule has 0 radical (unpaired) electrons. The lowest BCUT2D eigenvalue weighted by Crippen LogP contribution is -2.58. The average Bonchev–Trinajstić information content (AvgIpc) is 2.77. The number of carbonyl (C=O) groups is 5. The summed E-state index contributed by atoms with van der Waals surface area (Å²) in [5, 5.41) is 16.6. The number of nitrogens with two attached hydrogens (primary N) is 5. The molecule has 0 rings (SSSR count). The standard InChI is InChI=1S/C21H41N9O6/c1-11(2)16(20(35)36)30-19(34)14(10-15(24)31)29-18(33)13(7-3-4-8-22)28-17(32)12(23)6-5-9-27-21(25)26/h11-14,16H,3-10,22-23H2,1-2H3,(H2,24,31)(H,28,32)(H,29,33)(H,30,34)(H,35,36)(H4,25,26,27). The monoisotopic (exact) mass is 515 g/mol. The van der Waals surface area contributed by atoms with Crippen LogP contribution < -0.4 is 44.6 Å². The topological polar surface area (TPSA) is 284 Å². The number of aliphatic carboxylic acids is 1. The van der Waals surface area contributed by atoms with E-state index in [4.69, 9.17) is 28.7 Å². The molecule has 0 saturated heterocycles. The molecule has 0 aliphatic rings. The molecule has 206 valence electrons. The van der Waals surface area contributed by atoms with E-state index in [1.165, 1.54) is 0 Å². The highest BCUT2D eigenvalue weighted by Gasteiger charge is 2.32. The van der Waals surface area contributed by atoms with E-state index in [0.29, 0.717) is 25.8 Å². The largest absolute Gasteiger partial charge is 0.480 e. The van der Waals surface area contributed by atoms with Crippen LogP contribution in [0.25, 0.3) is 0 Å². The molecule has 36 heavy (non-hydrogen) atoms. The Kier molecular flexibility index (Phi) is 15.4. The molecule has 0 aromatic heterocycles. The van der Waals surface area contributed by atoms with E-state index in [9.17, 15) is 29.1 Å². The molecule has 0 spiro atoms.